The smallest absolute Gasteiger partial charge is 0.203 e. The van der Waals surface area contributed by atoms with E-state index in [0.717, 1.165) is 29.8 Å². The molecule has 5 rings (SSSR count). The molecule has 0 fully saturated rings. The van der Waals surface area contributed by atoms with Gasteiger partial charge in [-0.15, -0.1) is 0 Å². The van der Waals surface area contributed by atoms with Crippen LogP contribution in [0.15, 0.2) is 85.1 Å². The van der Waals surface area contributed by atoms with Gasteiger partial charge in [-0.05, 0) is 48.4 Å². The first-order valence-corrected chi connectivity index (χ1v) is 11.5. The summed E-state index contributed by atoms with van der Waals surface area (Å²) in [6.07, 6.45) is 3.18. The van der Waals surface area contributed by atoms with Crippen molar-refractivity contribution in [3.63, 3.8) is 0 Å². The molecule has 2 aromatic heterocycles. The molecular weight excluding hydrogens is 491 g/mol. The van der Waals surface area contributed by atoms with Crippen molar-refractivity contribution in [3.8, 4) is 5.75 Å². The second-order valence-electron chi connectivity index (χ2n) is 8.52. The Morgan fingerprint density at radius 2 is 1.65 bits per heavy atom. The quantitative estimate of drug-likeness (QED) is 0.301. The SMILES string of the molecule is CCCn1c2cc(OCc3ccccc3)ccc2c2cc[n+](Cc3ccc(F)cc3)c(C)c21.[Br-]. The minimum Gasteiger partial charge on any atom is -1.00 e. The molecule has 0 amide bonds. The monoisotopic (exact) mass is 518 g/mol. The molecule has 174 valence electrons. The van der Waals surface area contributed by atoms with Gasteiger partial charge in [0.25, 0.3) is 0 Å². The van der Waals surface area contributed by atoms with Crippen LogP contribution in [0.3, 0.4) is 0 Å². The summed E-state index contributed by atoms with van der Waals surface area (Å²) in [6, 6.07) is 25.6. The highest BCUT2D eigenvalue weighted by Gasteiger charge is 2.20. The number of rotatable bonds is 7. The third kappa shape index (κ3) is 4.71. The summed E-state index contributed by atoms with van der Waals surface area (Å²) in [7, 11) is 0. The number of aryl methyl sites for hydroxylation is 2. The van der Waals surface area contributed by atoms with E-state index >= 15 is 0 Å². The number of pyridine rings is 1. The van der Waals surface area contributed by atoms with E-state index in [4.69, 9.17) is 4.74 Å². The summed E-state index contributed by atoms with van der Waals surface area (Å²) in [6.45, 7) is 6.57. The van der Waals surface area contributed by atoms with Crippen LogP contribution in [-0.4, -0.2) is 4.57 Å². The molecule has 0 unspecified atom stereocenters. The van der Waals surface area contributed by atoms with Crippen molar-refractivity contribution in [3.05, 3.63) is 108 Å². The van der Waals surface area contributed by atoms with Crippen molar-refractivity contribution >= 4 is 21.8 Å². The van der Waals surface area contributed by atoms with Gasteiger partial charge in [0.2, 0.25) is 5.69 Å². The van der Waals surface area contributed by atoms with Gasteiger partial charge >= 0.3 is 0 Å². The lowest BCUT2D eigenvalue weighted by atomic mass is 10.1. The van der Waals surface area contributed by atoms with Gasteiger partial charge in [-0.25, -0.2) is 4.39 Å². The Kier molecular flexibility index (Phi) is 7.32. The number of aromatic nitrogens is 2. The van der Waals surface area contributed by atoms with E-state index in [-0.39, 0.29) is 22.8 Å². The summed E-state index contributed by atoms with van der Waals surface area (Å²) in [5.41, 5.74) is 5.88. The second-order valence-corrected chi connectivity index (χ2v) is 8.52. The summed E-state index contributed by atoms with van der Waals surface area (Å²) in [5.74, 6) is 0.674. The lowest BCUT2D eigenvalue weighted by Gasteiger charge is -2.09. The Balaban J connectivity index is 0.00000274. The number of hydrogen-bond donors (Lipinski definition) is 0. The summed E-state index contributed by atoms with van der Waals surface area (Å²) in [5, 5.41) is 2.49. The maximum absolute atomic E-state index is 13.3. The van der Waals surface area contributed by atoms with Crippen LogP contribution < -0.4 is 26.3 Å². The fourth-order valence-electron chi connectivity index (χ4n) is 4.57. The van der Waals surface area contributed by atoms with Gasteiger partial charge in [0.15, 0.2) is 12.7 Å². The summed E-state index contributed by atoms with van der Waals surface area (Å²) >= 11 is 0. The molecule has 0 bridgehead atoms. The Hall–Kier alpha value is -3.18. The van der Waals surface area contributed by atoms with Gasteiger partial charge in [0, 0.05) is 41.9 Å². The average molecular weight is 519 g/mol. The van der Waals surface area contributed by atoms with E-state index in [2.05, 4.69) is 65.6 Å². The lowest BCUT2D eigenvalue weighted by molar-refractivity contribution is -0.693. The van der Waals surface area contributed by atoms with Crippen molar-refractivity contribution in [2.45, 2.75) is 40.0 Å². The normalized spacial score (nSPS) is 11.0. The largest absolute Gasteiger partial charge is 1.00 e. The molecule has 0 N–H and O–H groups in total. The molecule has 0 aliphatic rings. The van der Waals surface area contributed by atoms with E-state index in [1.54, 1.807) is 0 Å². The van der Waals surface area contributed by atoms with Crippen molar-refractivity contribution in [2.75, 3.05) is 0 Å². The molecule has 0 aliphatic heterocycles. The first kappa shape index (κ1) is 24.0. The van der Waals surface area contributed by atoms with Crippen LogP contribution >= 0.6 is 0 Å². The standard InChI is InChI=1S/C29H28FN2O.BrH/c1-3-16-32-28-18-25(33-20-23-7-5-4-6-8-23)13-14-26(28)27-15-17-31(21(2)29(27)32)19-22-9-11-24(30)12-10-22;/h4-15,17-18H,3,16,19-20H2,1-2H3;1H/q+1;/p-1. The first-order valence-electron chi connectivity index (χ1n) is 11.5. The van der Waals surface area contributed by atoms with Gasteiger partial charge < -0.3 is 26.3 Å². The third-order valence-electron chi connectivity index (χ3n) is 6.23. The number of ether oxygens (including phenoxy) is 1. The minimum absolute atomic E-state index is 0. The van der Waals surface area contributed by atoms with E-state index < -0.39 is 0 Å². The Labute approximate surface area is 210 Å². The summed E-state index contributed by atoms with van der Waals surface area (Å²) in [4.78, 5) is 0. The topological polar surface area (TPSA) is 18.0 Å². The highest BCUT2D eigenvalue weighted by molar-refractivity contribution is 6.08. The molecular formula is C29H28BrFN2O. The number of nitrogens with zero attached hydrogens (tertiary/aromatic N) is 2. The van der Waals surface area contributed by atoms with E-state index in [1.165, 1.54) is 39.6 Å². The van der Waals surface area contributed by atoms with Crippen LogP contribution in [0.5, 0.6) is 5.75 Å². The molecule has 2 heterocycles. The molecule has 0 saturated heterocycles. The van der Waals surface area contributed by atoms with Gasteiger partial charge in [-0.3, -0.25) is 0 Å². The van der Waals surface area contributed by atoms with E-state index in [9.17, 15) is 4.39 Å². The zero-order valence-corrected chi connectivity index (χ0v) is 21.1. The fourth-order valence-corrected chi connectivity index (χ4v) is 4.57. The number of benzene rings is 3. The molecule has 3 aromatic carbocycles. The number of fused-ring (bicyclic) bond motifs is 3. The average Bonchev–Trinajstić information content (AvgIpc) is 3.15. The van der Waals surface area contributed by atoms with Crippen molar-refractivity contribution < 1.29 is 30.7 Å². The molecule has 0 atom stereocenters. The molecule has 0 spiro atoms. The predicted octanol–water partition coefficient (Wildman–Crippen LogP) is 3.57. The molecule has 0 radical (unpaired) electrons. The lowest BCUT2D eigenvalue weighted by Crippen LogP contribution is -3.00. The van der Waals surface area contributed by atoms with Gasteiger partial charge in [-0.1, -0.05) is 37.3 Å². The van der Waals surface area contributed by atoms with Crippen LogP contribution in [0.25, 0.3) is 21.8 Å². The maximum atomic E-state index is 13.3. The third-order valence-corrected chi connectivity index (χ3v) is 6.23. The number of halogens is 2. The molecule has 0 saturated carbocycles. The van der Waals surface area contributed by atoms with Crippen molar-refractivity contribution in [2.24, 2.45) is 0 Å². The molecule has 34 heavy (non-hydrogen) atoms. The Morgan fingerprint density at radius 1 is 0.882 bits per heavy atom. The van der Waals surface area contributed by atoms with Gasteiger partial charge in [0.05, 0.1) is 5.52 Å². The predicted molar refractivity (Wildman–Crippen MR) is 131 cm³/mol. The molecule has 5 aromatic rings. The molecule has 3 nitrogen and oxygen atoms in total. The highest BCUT2D eigenvalue weighted by Crippen LogP contribution is 2.33. The van der Waals surface area contributed by atoms with Gasteiger partial charge in [0.1, 0.15) is 23.7 Å². The first-order chi connectivity index (χ1) is 16.1. The summed E-state index contributed by atoms with van der Waals surface area (Å²) < 4.78 is 24.1. The van der Waals surface area contributed by atoms with Crippen LogP contribution in [0, 0.1) is 12.7 Å². The zero-order valence-electron chi connectivity index (χ0n) is 19.5. The van der Waals surface area contributed by atoms with Gasteiger partial charge in [-0.2, -0.15) is 4.57 Å². The van der Waals surface area contributed by atoms with Crippen LogP contribution in [0.1, 0.15) is 30.2 Å². The molecule has 0 aliphatic carbocycles. The highest BCUT2D eigenvalue weighted by atomic mass is 79.9. The van der Waals surface area contributed by atoms with Crippen LogP contribution in [0.4, 0.5) is 4.39 Å². The second kappa shape index (κ2) is 10.4. The van der Waals surface area contributed by atoms with Crippen LogP contribution in [0.2, 0.25) is 0 Å². The fraction of sp³-hybridized carbons (Fsp3) is 0.207. The Morgan fingerprint density at radius 3 is 2.38 bits per heavy atom. The van der Waals surface area contributed by atoms with E-state index in [0.29, 0.717) is 13.2 Å². The minimum atomic E-state index is -0.204. The Bertz CT molecular complexity index is 1410. The van der Waals surface area contributed by atoms with E-state index in [1.807, 2.05) is 30.3 Å². The molecule has 5 heteroatoms. The number of hydrogen-bond acceptors (Lipinski definition) is 1. The van der Waals surface area contributed by atoms with Crippen molar-refractivity contribution in [1.29, 1.82) is 0 Å². The zero-order chi connectivity index (χ0) is 22.8. The van der Waals surface area contributed by atoms with Crippen molar-refractivity contribution in [1.82, 2.24) is 4.57 Å². The maximum Gasteiger partial charge on any atom is 0.203 e. The van der Waals surface area contributed by atoms with Crippen LogP contribution in [-0.2, 0) is 19.7 Å².